The molecule has 0 aliphatic heterocycles. The lowest BCUT2D eigenvalue weighted by molar-refractivity contribution is 0.418. The van der Waals surface area contributed by atoms with Crippen LogP contribution in [-0.4, -0.2) is 0 Å². The van der Waals surface area contributed by atoms with E-state index in [1.54, 1.807) is 42.5 Å². The Morgan fingerprint density at radius 1 is 0.815 bits per heavy atom. The van der Waals surface area contributed by atoms with Crippen LogP contribution < -0.4 is 4.74 Å². The molecular formula is C21H12F2N2OS. The first-order chi connectivity index (χ1) is 13.2. The molecule has 3 aromatic carbocycles. The lowest BCUT2D eigenvalue weighted by Crippen LogP contribution is -2.03. The van der Waals surface area contributed by atoms with Crippen LogP contribution in [0.4, 0.5) is 8.78 Å². The van der Waals surface area contributed by atoms with Gasteiger partial charge >= 0.3 is 0 Å². The Hall–Kier alpha value is -3.35. The van der Waals surface area contributed by atoms with Crippen LogP contribution in [0.1, 0.15) is 16.7 Å². The van der Waals surface area contributed by atoms with Crippen LogP contribution in [0.5, 0.6) is 11.5 Å². The third-order valence-corrected chi connectivity index (χ3v) is 4.84. The molecule has 6 heteroatoms. The number of nitriles is 2. The largest absolute Gasteiger partial charge is 0.453 e. The number of hydrogen-bond donors (Lipinski definition) is 0. The Kier molecular flexibility index (Phi) is 5.71. The predicted molar refractivity (Wildman–Crippen MR) is 98.3 cm³/mol. The van der Waals surface area contributed by atoms with Crippen LogP contribution in [0.15, 0.2) is 65.6 Å². The molecule has 3 nitrogen and oxygen atoms in total. The van der Waals surface area contributed by atoms with Crippen molar-refractivity contribution in [3.05, 3.63) is 89.0 Å². The van der Waals surface area contributed by atoms with Crippen molar-refractivity contribution >= 4 is 11.8 Å². The van der Waals surface area contributed by atoms with Gasteiger partial charge < -0.3 is 4.74 Å². The van der Waals surface area contributed by atoms with E-state index in [0.29, 0.717) is 11.5 Å². The van der Waals surface area contributed by atoms with Gasteiger partial charge in [-0.25, -0.2) is 8.78 Å². The second kappa shape index (κ2) is 8.35. The average molecular weight is 378 g/mol. The molecule has 0 fully saturated rings. The highest BCUT2D eigenvalue weighted by atomic mass is 32.2. The fraction of sp³-hybridized carbons (Fsp3) is 0.0476. The van der Waals surface area contributed by atoms with E-state index in [4.69, 9.17) is 4.74 Å². The van der Waals surface area contributed by atoms with E-state index in [-0.39, 0.29) is 4.90 Å². The van der Waals surface area contributed by atoms with Gasteiger partial charge in [0.25, 0.3) is 0 Å². The molecule has 0 unspecified atom stereocenters. The molecule has 0 saturated carbocycles. The zero-order valence-electron chi connectivity index (χ0n) is 13.9. The minimum Gasteiger partial charge on any atom is -0.453 e. The van der Waals surface area contributed by atoms with Crippen molar-refractivity contribution in [1.82, 2.24) is 0 Å². The molecule has 3 aromatic rings. The van der Waals surface area contributed by atoms with Crippen molar-refractivity contribution in [3.63, 3.8) is 0 Å². The summed E-state index contributed by atoms with van der Waals surface area (Å²) in [4.78, 5) is -0.143. The van der Waals surface area contributed by atoms with Crippen LogP contribution in [0, 0.1) is 34.3 Å². The highest BCUT2D eigenvalue weighted by Crippen LogP contribution is 2.41. The van der Waals surface area contributed by atoms with Crippen molar-refractivity contribution in [2.75, 3.05) is 0 Å². The predicted octanol–water partition coefficient (Wildman–Crippen LogP) is 5.79. The SMILES string of the molecule is N#Cc1c(F)c(Oc2ccccc2)c(SCc2ccccc2)c(F)c1C#N. The molecule has 3 rings (SSSR count). The van der Waals surface area contributed by atoms with Crippen molar-refractivity contribution in [3.8, 4) is 23.6 Å². The summed E-state index contributed by atoms with van der Waals surface area (Å²) in [5, 5.41) is 18.4. The maximum Gasteiger partial charge on any atom is 0.186 e. The number of nitrogens with zero attached hydrogens (tertiary/aromatic N) is 2. The van der Waals surface area contributed by atoms with Crippen LogP contribution in [0.25, 0.3) is 0 Å². The first kappa shape index (κ1) is 18.4. The molecule has 0 aliphatic carbocycles. The van der Waals surface area contributed by atoms with Gasteiger partial charge in [-0.05, 0) is 17.7 Å². The highest BCUT2D eigenvalue weighted by molar-refractivity contribution is 7.98. The molecule has 0 atom stereocenters. The standard InChI is InChI=1S/C21H12F2N2OS/c22-18-16(11-24)17(12-25)19(23)21(27-13-14-7-3-1-4-8-14)20(18)26-15-9-5-2-6-10-15/h1-10H,13H2. The average Bonchev–Trinajstić information content (AvgIpc) is 2.71. The number of hydrogen-bond acceptors (Lipinski definition) is 4. The third kappa shape index (κ3) is 3.92. The molecule has 0 amide bonds. The smallest absolute Gasteiger partial charge is 0.186 e. The number of para-hydroxylation sites is 1. The molecule has 0 aromatic heterocycles. The Labute approximate surface area is 159 Å². The maximum atomic E-state index is 14.9. The van der Waals surface area contributed by atoms with Gasteiger partial charge in [0.15, 0.2) is 17.4 Å². The lowest BCUT2D eigenvalue weighted by atomic mass is 10.1. The number of halogens is 2. The Bertz CT molecular complexity index is 1040. The van der Waals surface area contributed by atoms with Crippen LogP contribution >= 0.6 is 11.8 Å². The fourth-order valence-electron chi connectivity index (χ4n) is 2.41. The zero-order valence-corrected chi connectivity index (χ0v) is 14.8. The van der Waals surface area contributed by atoms with Gasteiger partial charge in [-0.3, -0.25) is 0 Å². The summed E-state index contributed by atoms with van der Waals surface area (Å²) < 4.78 is 35.4. The second-order valence-corrected chi connectivity index (χ2v) is 6.43. The summed E-state index contributed by atoms with van der Waals surface area (Å²) in [6.07, 6.45) is 0. The summed E-state index contributed by atoms with van der Waals surface area (Å²) >= 11 is 1.01. The van der Waals surface area contributed by atoms with E-state index in [1.807, 2.05) is 30.3 Å². The minimum absolute atomic E-state index is 0.143. The second-order valence-electron chi connectivity index (χ2n) is 5.45. The van der Waals surface area contributed by atoms with Gasteiger partial charge in [0.05, 0.1) is 4.90 Å². The molecule has 0 radical (unpaired) electrons. The van der Waals surface area contributed by atoms with Gasteiger partial charge in [0, 0.05) is 5.75 Å². The summed E-state index contributed by atoms with van der Waals surface area (Å²) in [6.45, 7) is 0. The summed E-state index contributed by atoms with van der Waals surface area (Å²) in [5.74, 6) is -1.75. The Balaban J connectivity index is 2.09. The van der Waals surface area contributed by atoms with E-state index in [2.05, 4.69) is 0 Å². The molecule has 0 heterocycles. The van der Waals surface area contributed by atoms with Crippen LogP contribution in [0.3, 0.4) is 0 Å². The number of rotatable bonds is 5. The quantitative estimate of drug-likeness (QED) is 0.527. The van der Waals surface area contributed by atoms with E-state index < -0.39 is 28.5 Å². The summed E-state index contributed by atoms with van der Waals surface area (Å²) in [6, 6.07) is 20.7. The first-order valence-electron chi connectivity index (χ1n) is 7.90. The molecule has 0 spiro atoms. The van der Waals surface area contributed by atoms with Crippen molar-refractivity contribution in [2.24, 2.45) is 0 Å². The first-order valence-corrected chi connectivity index (χ1v) is 8.89. The minimum atomic E-state index is -1.05. The van der Waals surface area contributed by atoms with Crippen LogP contribution in [0.2, 0.25) is 0 Å². The molecule has 0 N–H and O–H groups in total. The van der Waals surface area contributed by atoms with Gasteiger partial charge in [0.1, 0.15) is 29.0 Å². The molecule has 0 saturated heterocycles. The monoisotopic (exact) mass is 378 g/mol. The maximum absolute atomic E-state index is 14.9. The highest BCUT2D eigenvalue weighted by Gasteiger charge is 2.27. The van der Waals surface area contributed by atoms with E-state index in [0.717, 1.165) is 17.3 Å². The Morgan fingerprint density at radius 2 is 1.37 bits per heavy atom. The van der Waals surface area contributed by atoms with Crippen LogP contribution in [-0.2, 0) is 5.75 Å². The molecular weight excluding hydrogens is 366 g/mol. The van der Waals surface area contributed by atoms with Gasteiger partial charge in [-0.15, -0.1) is 11.8 Å². The van der Waals surface area contributed by atoms with E-state index in [9.17, 15) is 19.3 Å². The normalized spacial score (nSPS) is 10.1. The summed E-state index contributed by atoms with van der Waals surface area (Å²) in [5.41, 5.74) is -0.383. The van der Waals surface area contributed by atoms with E-state index >= 15 is 0 Å². The molecule has 132 valence electrons. The van der Waals surface area contributed by atoms with Crippen molar-refractivity contribution < 1.29 is 13.5 Å². The molecule has 0 aliphatic rings. The topological polar surface area (TPSA) is 56.8 Å². The summed E-state index contributed by atoms with van der Waals surface area (Å²) in [7, 11) is 0. The fourth-order valence-corrected chi connectivity index (χ4v) is 3.41. The number of ether oxygens (including phenoxy) is 1. The Morgan fingerprint density at radius 3 is 1.96 bits per heavy atom. The van der Waals surface area contributed by atoms with Crippen molar-refractivity contribution in [1.29, 1.82) is 10.5 Å². The van der Waals surface area contributed by atoms with Gasteiger partial charge in [0.2, 0.25) is 0 Å². The molecule has 0 bridgehead atoms. The van der Waals surface area contributed by atoms with E-state index in [1.165, 1.54) is 0 Å². The van der Waals surface area contributed by atoms with Gasteiger partial charge in [-0.2, -0.15) is 10.5 Å². The number of thioether (sulfide) groups is 1. The lowest BCUT2D eigenvalue weighted by Gasteiger charge is -2.15. The van der Waals surface area contributed by atoms with Crippen molar-refractivity contribution in [2.45, 2.75) is 10.6 Å². The number of benzene rings is 3. The van der Waals surface area contributed by atoms with Gasteiger partial charge in [-0.1, -0.05) is 48.5 Å². The molecule has 27 heavy (non-hydrogen) atoms. The third-order valence-electron chi connectivity index (χ3n) is 3.71. The zero-order chi connectivity index (χ0) is 19.2.